The monoisotopic (exact) mass is 553 g/mol. The Morgan fingerprint density at radius 2 is 1.64 bits per heavy atom. The van der Waals surface area contributed by atoms with Gasteiger partial charge in [0.05, 0.1) is 10.6 Å². The Kier molecular flexibility index (Phi) is 10.2. The number of anilines is 1. The molecular weight excluding hydrogens is 517 g/mol. The second-order valence-corrected chi connectivity index (χ2v) is 11.4. The average molecular weight is 554 g/mol. The van der Waals surface area contributed by atoms with Crippen LogP contribution in [0.1, 0.15) is 43.4 Å². The molecule has 3 aromatic carbocycles. The number of halogens is 1. The van der Waals surface area contributed by atoms with E-state index in [1.165, 1.54) is 23.1 Å². The second kappa shape index (κ2) is 13.4. The number of aryl methyl sites for hydroxylation is 2. The highest BCUT2D eigenvalue weighted by Crippen LogP contribution is 2.28. The number of nitrogens with one attached hydrogen (secondary N) is 1. The lowest BCUT2D eigenvalue weighted by Gasteiger charge is -2.32. The summed E-state index contributed by atoms with van der Waals surface area (Å²) in [6.07, 6.45) is 1.66. The Morgan fingerprint density at radius 1 is 0.974 bits per heavy atom. The third-order valence-electron chi connectivity index (χ3n) is 6.54. The van der Waals surface area contributed by atoms with Crippen molar-refractivity contribution in [1.82, 2.24) is 10.2 Å². The van der Waals surface area contributed by atoms with E-state index >= 15 is 0 Å². The van der Waals surface area contributed by atoms with Gasteiger partial charge in [-0.15, -0.1) is 0 Å². The van der Waals surface area contributed by atoms with Gasteiger partial charge in [-0.3, -0.25) is 13.9 Å². The van der Waals surface area contributed by atoms with Gasteiger partial charge < -0.3 is 10.2 Å². The largest absolute Gasteiger partial charge is 0.354 e. The molecule has 3 aromatic rings. The fourth-order valence-corrected chi connectivity index (χ4v) is 5.64. The van der Waals surface area contributed by atoms with Crippen LogP contribution in [0.15, 0.2) is 77.7 Å². The summed E-state index contributed by atoms with van der Waals surface area (Å²) in [6.45, 7) is 6.85. The van der Waals surface area contributed by atoms with Gasteiger partial charge in [-0.25, -0.2) is 12.8 Å². The molecule has 1 unspecified atom stereocenters. The summed E-state index contributed by atoms with van der Waals surface area (Å²) in [6, 6.07) is 18.3. The van der Waals surface area contributed by atoms with E-state index in [0.717, 1.165) is 22.7 Å². The van der Waals surface area contributed by atoms with Gasteiger partial charge in [-0.05, 0) is 62.6 Å². The molecule has 3 rings (SSSR count). The van der Waals surface area contributed by atoms with Crippen LogP contribution >= 0.6 is 0 Å². The molecule has 0 spiro atoms. The van der Waals surface area contributed by atoms with Crippen LogP contribution in [0, 0.1) is 19.7 Å². The van der Waals surface area contributed by atoms with Crippen molar-refractivity contribution in [2.75, 3.05) is 17.4 Å². The average Bonchev–Trinajstić information content (AvgIpc) is 2.92. The zero-order chi connectivity index (χ0) is 28.6. The Balaban J connectivity index is 2.04. The number of unbranched alkanes of at least 4 members (excludes halogenated alkanes) is 1. The maximum atomic E-state index is 14.6. The summed E-state index contributed by atoms with van der Waals surface area (Å²) >= 11 is 0. The first-order valence-corrected chi connectivity index (χ1v) is 14.5. The molecule has 2 amide bonds. The predicted molar refractivity (Wildman–Crippen MR) is 151 cm³/mol. The topological polar surface area (TPSA) is 86.8 Å². The fraction of sp³-hybridized carbons (Fsp3) is 0.333. The molecule has 0 saturated carbocycles. The molecule has 208 valence electrons. The van der Waals surface area contributed by atoms with Crippen molar-refractivity contribution >= 4 is 27.5 Å². The lowest BCUT2D eigenvalue weighted by atomic mass is 10.1. The summed E-state index contributed by atoms with van der Waals surface area (Å²) in [7, 11) is -4.16. The summed E-state index contributed by atoms with van der Waals surface area (Å²) in [5, 5.41) is 2.82. The van der Waals surface area contributed by atoms with Crippen molar-refractivity contribution in [2.24, 2.45) is 0 Å². The molecule has 0 fully saturated rings. The van der Waals surface area contributed by atoms with Crippen molar-refractivity contribution in [3.05, 3.63) is 95.3 Å². The quantitative estimate of drug-likeness (QED) is 0.321. The molecule has 0 radical (unpaired) electrons. The second-order valence-electron chi connectivity index (χ2n) is 9.55. The SMILES string of the molecule is CCCCNC(=O)C(C)N(Cc1ccccc1F)C(=O)CN(c1cc(C)ccc1C)S(=O)(=O)c1ccccc1. The van der Waals surface area contributed by atoms with Crippen LogP contribution in [-0.4, -0.2) is 44.3 Å². The molecule has 0 aliphatic heterocycles. The van der Waals surface area contributed by atoms with Gasteiger partial charge in [0.15, 0.2) is 0 Å². The normalized spacial score (nSPS) is 12.0. The minimum atomic E-state index is -4.16. The fourth-order valence-electron chi connectivity index (χ4n) is 4.15. The van der Waals surface area contributed by atoms with Crippen molar-refractivity contribution in [3.8, 4) is 0 Å². The number of hydrogen-bond acceptors (Lipinski definition) is 4. The summed E-state index contributed by atoms with van der Waals surface area (Å²) in [4.78, 5) is 28.2. The first-order chi connectivity index (χ1) is 18.6. The van der Waals surface area contributed by atoms with E-state index in [0.29, 0.717) is 17.8 Å². The molecular formula is C30H36FN3O4S. The molecule has 39 heavy (non-hydrogen) atoms. The van der Waals surface area contributed by atoms with E-state index in [1.807, 2.05) is 19.9 Å². The summed E-state index contributed by atoms with van der Waals surface area (Å²) in [5.41, 5.74) is 2.07. The number of benzene rings is 3. The minimum Gasteiger partial charge on any atom is -0.354 e. The number of rotatable bonds is 12. The number of carbonyl (C=O) groups excluding carboxylic acids is 2. The third kappa shape index (κ3) is 7.44. The van der Waals surface area contributed by atoms with E-state index in [1.54, 1.807) is 62.4 Å². The van der Waals surface area contributed by atoms with Crippen LogP contribution in [0.4, 0.5) is 10.1 Å². The van der Waals surface area contributed by atoms with Crippen LogP contribution in [0.3, 0.4) is 0 Å². The molecule has 0 aliphatic rings. The zero-order valence-electron chi connectivity index (χ0n) is 22.9. The van der Waals surface area contributed by atoms with Gasteiger partial charge >= 0.3 is 0 Å². The Morgan fingerprint density at radius 3 is 2.31 bits per heavy atom. The third-order valence-corrected chi connectivity index (χ3v) is 8.31. The Hall–Kier alpha value is -3.72. The molecule has 0 saturated heterocycles. The first kappa shape index (κ1) is 29.8. The first-order valence-electron chi connectivity index (χ1n) is 13.0. The van der Waals surface area contributed by atoms with Gasteiger partial charge in [0.1, 0.15) is 18.4 Å². The van der Waals surface area contributed by atoms with Crippen molar-refractivity contribution in [2.45, 2.75) is 58.0 Å². The molecule has 0 aromatic heterocycles. The van der Waals surface area contributed by atoms with Crippen LogP contribution in [0.2, 0.25) is 0 Å². The lowest BCUT2D eigenvalue weighted by molar-refractivity contribution is -0.139. The van der Waals surface area contributed by atoms with E-state index < -0.39 is 40.2 Å². The lowest BCUT2D eigenvalue weighted by Crippen LogP contribution is -2.51. The number of sulfonamides is 1. The van der Waals surface area contributed by atoms with Crippen molar-refractivity contribution in [3.63, 3.8) is 0 Å². The molecule has 1 N–H and O–H groups in total. The van der Waals surface area contributed by atoms with Crippen molar-refractivity contribution < 1.29 is 22.4 Å². The van der Waals surface area contributed by atoms with E-state index in [2.05, 4.69) is 5.32 Å². The highest BCUT2D eigenvalue weighted by atomic mass is 32.2. The van der Waals surface area contributed by atoms with E-state index in [4.69, 9.17) is 0 Å². The smallest absolute Gasteiger partial charge is 0.264 e. The highest BCUT2D eigenvalue weighted by Gasteiger charge is 2.33. The molecule has 9 heteroatoms. The molecule has 7 nitrogen and oxygen atoms in total. The van der Waals surface area contributed by atoms with Crippen LogP contribution in [0.25, 0.3) is 0 Å². The molecule has 0 aliphatic carbocycles. The van der Waals surface area contributed by atoms with Gasteiger partial charge in [0.2, 0.25) is 11.8 Å². The Labute approximate surface area is 230 Å². The van der Waals surface area contributed by atoms with Crippen molar-refractivity contribution in [1.29, 1.82) is 0 Å². The Bertz CT molecular complexity index is 1400. The predicted octanol–water partition coefficient (Wildman–Crippen LogP) is 4.97. The summed E-state index contributed by atoms with van der Waals surface area (Å²) in [5.74, 6) is -1.54. The molecule has 0 heterocycles. The molecule has 1 atom stereocenters. The van der Waals surface area contributed by atoms with Gasteiger partial charge in [0, 0.05) is 18.7 Å². The molecule has 0 bridgehead atoms. The number of hydrogen-bond donors (Lipinski definition) is 1. The summed E-state index contributed by atoms with van der Waals surface area (Å²) < 4.78 is 43.4. The van der Waals surface area contributed by atoms with Crippen LogP contribution < -0.4 is 9.62 Å². The van der Waals surface area contributed by atoms with Crippen LogP contribution in [-0.2, 0) is 26.2 Å². The van der Waals surface area contributed by atoms with Gasteiger partial charge in [-0.1, -0.05) is 61.9 Å². The minimum absolute atomic E-state index is 0.0321. The van der Waals surface area contributed by atoms with Crippen LogP contribution in [0.5, 0.6) is 0 Å². The highest BCUT2D eigenvalue weighted by molar-refractivity contribution is 7.92. The van der Waals surface area contributed by atoms with E-state index in [9.17, 15) is 22.4 Å². The standard InChI is InChI=1S/C30H36FN3O4S/c1-5-6-18-32-30(36)24(4)33(20-25-12-10-11-15-27(25)31)29(35)21-34(28-19-22(2)16-17-23(28)3)39(37,38)26-13-8-7-9-14-26/h7-17,19,24H,5-6,18,20-21H2,1-4H3,(H,32,36). The number of nitrogens with zero attached hydrogens (tertiary/aromatic N) is 2. The number of carbonyl (C=O) groups is 2. The maximum absolute atomic E-state index is 14.6. The van der Waals surface area contributed by atoms with Gasteiger partial charge in [-0.2, -0.15) is 0 Å². The number of amides is 2. The maximum Gasteiger partial charge on any atom is 0.264 e. The van der Waals surface area contributed by atoms with Gasteiger partial charge in [0.25, 0.3) is 10.0 Å². The zero-order valence-corrected chi connectivity index (χ0v) is 23.7. The van der Waals surface area contributed by atoms with E-state index in [-0.39, 0.29) is 17.0 Å².